The van der Waals surface area contributed by atoms with Gasteiger partial charge in [-0.05, 0) is 63.5 Å². The molecule has 1 aliphatic carbocycles. The van der Waals surface area contributed by atoms with E-state index >= 15 is 0 Å². The highest BCUT2D eigenvalue weighted by Crippen LogP contribution is 2.38. The fourth-order valence-electron chi connectivity index (χ4n) is 3.18. The van der Waals surface area contributed by atoms with Gasteiger partial charge < -0.3 is 5.32 Å². The third-order valence-corrected chi connectivity index (χ3v) is 4.42. The van der Waals surface area contributed by atoms with E-state index in [0.717, 1.165) is 24.3 Å². The Kier molecular flexibility index (Phi) is 6.87. The molecule has 3 atom stereocenters. The normalized spacial score (nSPS) is 29.2. The Morgan fingerprint density at radius 1 is 1.24 bits per heavy atom. The molecule has 1 saturated carbocycles. The van der Waals surface area contributed by atoms with Crippen molar-refractivity contribution in [1.29, 1.82) is 0 Å². The Morgan fingerprint density at radius 2 is 2.00 bits per heavy atom. The molecule has 0 aromatic rings. The van der Waals surface area contributed by atoms with E-state index in [-0.39, 0.29) is 0 Å². The van der Waals surface area contributed by atoms with Gasteiger partial charge in [-0.1, -0.05) is 32.3 Å². The molecule has 1 aliphatic rings. The maximum Gasteiger partial charge on any atom is -0.00180 e. The summed E-state index contributed by atoms with van der Waals surface area (Å²) in [7, 11) is 0. The second-order valence-electron chi connectivity index (χ2n) is 5.91. The number of allylic oxidation sites excluding steroid dienone is 1. The highest BCUT2D eigenvalue weighted by atomic mass is 14.8. The molecule has 0 amide bonds. The molecule has 17 heavy (non-hydrogen) atoms. The molecule has 1 nitrogen and oxygen atoms in total. The van der Waals surface area contributed by atoms with Crippen LogP contribution in [0.2, 0.25) is 0 Å². The van der Waals surface area contributed by atoms with Crippen LogP contribution in [0.4, 0.5) is 0 Å². The van der Waals surface area contributed by atoms with Crippen molar-refractivity contribution < 1.29 is 0 Å². The first kappa shape index (κ1) is 14.8. The van der Waals surface area contributed by atoms with Crippen LogP contribution in [0.3, 0.4) is 0 Å². The van der Waals surface area contributed by atoms with E-state index < -0.39 is 0 Å². The van der Waals surface area contributed by atoms with Gasteiger partial charge in [-0.3, -0.25) is 0 Å². The molecule has 3 unspecified atom stereocenters. The average Bonchev–Trinajstić information content (AvgIpc) is 2.34. The molecule has 0 spiro atoms. The van der Waals surface area contributed by atoms with Gasteiger partial charge in [0, 0.05) is 0 Å². The highest BCUT2D eigenvalue weighted by molar-refractivity contribution is 4.90. The van der Waals surface area contributed by atoms with E-state index in [4.69, 9.17) is 0 Å². The SMILES string of the molecule is C=C(C)CCC1CC(CC)CCC1CNCC. The zero-order valence-electron chi connectivity index (χ0n) is 12.1. The maximum atomic E-state index is 4.05. The number of hydrogen-bond acceptors (Lipinski definition) is 1. The third kappa shape index (κ3) is 5.25. The van der Waals surface area contributed by atoms with E-state index in [1.54, 1.807) is 0 Å². The van der Waals surface area contributed by atoms with Crippen LogP contribution in [0.25, 0.3) is 0 Å². The van der Waals surface area contributed by atoms with Crippen LogP contribution in [0.5, 0.6) is 0 Å². The minimum Gasteiger partial charge on any atom is -0.317 e. The summed E-state index contributed by atoms with van der Waals surface area (Å²) in [5.74, 6) is 2.84. The standard InChI is InChI=1S/C16H31N/c1-5-14-8-10-16(12-17-6-2)15(11-14)9-7-13(3)4/h14-17H,3,5-12H2,1-2,4H3. The number of nitrogens with one attached hydrogen (secondary N) is 1. The zero-order chi connectivity index (χ0) is 12.7. The molecule has 1 heteroatoms. The van der Waals surface area contributed by atoms with Crippen molar-refractivity contribution in [2.75, 3.05) is 13.1 Å². The van der Waals surface area contributed by atoms with Gasteiger partial charge in [-0.25, -0.2) is 0 Å². The molecule has 1 fully saturated rings. The lowest BCUT2D eigenvalue weighted by molar-refractivity contribution is 0.164. The van der Waals surface area contributed by atoms with Crippen molar-refractivity contribution in [1.82, 2.24) is 5.32 Å². The van der Waals surface area contributed by atoms with E-state index in [2.05, 4.69) is 32.7 Å². The molecule has 1 N–H and O–H groups in total. The van der Waals surface area contributed by atoms with Crippen LogP contribution in [-0.4, -0.2) is 13.1 Å². The van der Waals surface area contributed by atoms with Crippen LogP contribution in [0.15, 0.2) is 12.2 Å². The first-order chi connectivity index (χ1) is 8.17. The van der Waals surface area contributed by atoms with Gasteiger partial charge in [0.05, 0.1) is 0 Å². The van der Waals surface area contributed by atoms with Gasteiger partial charge >= 0.3 is 0 Å². The summed E-state index contributed by atoms with van der Waals surface area (Å²) in [5.41, 5.74) is 1.35. The van der Waals surface area contributed by atoms with E-state index in [1.807, 2.05) is 0 Å². The summed E-state index contributed by atoms with van der Waals surface area (Å²) >= 11 is 0. The van der Waals surface area contributed by atoms with Gasteiger partial charge in [-0.15, -0.1) is 6.58 Å². The lowest BCUT2D eigenvalue weighted by Gasteiger charge is -2.36. The Bertz CT molecular complexity index is 222. The summed E-state index contributed by atoms with van der Waals surface area (Å²) in [6.45, 7) is 13.1. The number of hydrogen-bond donors (Lipinski definition) is 1. The fourth-order valence-corrected chi connectivity index (χ4v) is 3.18. The van der Waals surface area contributed by atoms with Gasteiger partial charge in [0.15, 0.2) is 0 Å². The Labute approximate surface area is 108 Å². The molecule has 0 heterocycles. The Hall–Kier alpha value is -0.300. The largest absolute Gasteiger partial charge is 0.317 e. The van der Waals surface area contributed by atoms with Crippen molar-refractivity contribution in [3.8, 4) is 0 Å². The molecule has 0 aliphatic heterocycles. The first-order valence-corrected chi connectivity index (χ1v) is 7.52. The summed E-state index contributed by atoms with van der Waals surface area (Å²) in [6, 6.07) is 0. The zero-order valence-corrected chi connectivity index (χ0v) is 12.1. The minimum atomic E-state index is 0.914. The topological polar surface area (TPSA) is 12.0 Å². The van der Waals surface area contributed by atoms with E-state index in [9.17, 15) is 0 Å². The lowest BCUT2D eigenvalue weighted by atomic mass is 9.71. The average molecular weight is 237 g/mol. The monoisotopic (exact) mass is 237 g/mol. The van der Waals surface area contributed by atoms with Crippen molar-refractivity contribution >= 4 is 0 Å². The van der Waals surface area contributed by atoms with Crippen LogP contribution in [0.1, 0.15) is 59.3 Å². The predicted molar refractivity (Wildman–Crippen MR) is 77.2 cm³/mol. The molecule has 0 saturated heterocycles. The number of rotatable bonds is 7. The van der Waals surface area contributed by atoms with Crippen LogP contribution in [-0.2, 0) is 0 Å². The summed E-state index contributed by atoms with van der Waals surface area (Å²) in [6.07, 6.45) is 8.31. The summed E-state index contributed by atoms with van der Waals surface area (Å²) in [5, 5.41) is 3.55. The van der Waals surface area contributed by atoms with Crippen LogP contribution < -0.4 is 5.32 Å². The second kappa shape index (κ2) is 7.92. The molecule has 1 rings (SSSR count). The Morgan fingerprint density at radius 3 is 2.59 bits per heavy atom. The maximum absolute atomic E-state index is 4.05. The molecule has 0 aromatic carbocycles. The quantitative estimate of drug-likeness (QED) is 0.647. The van der Waals surface area contributed by atoms with Gasteiger partial charge in [0.1, 0.15) is 0 Å². The third-order valence-electron chi connectivity index (χ3n) is 4.42. The molecule has 0 bridgehead atoms. The predicted octanol–water partition coefficient (Wildman–Crippen LogP) is 4.39. The molecular formula is C16H31N. The van der Waals surface area contributed by atoms with Crippen LogP contribution >= 0.6 is 0 Å². The van der Waals surface area contributed by atoms with Gasteiger partial charge in [0.25, 0.3) is 0 Å². The molecule has 0 aromatic heterocycles. The summed E-state index contributed by atoms with van der Waals surface area (Å²) in [4.78, 5) is 0. The van der Waals surface area contributed by atoms with Crippen molar-refractivity contribution in [2.24, 2.45) is 17.8 Å². The van der Waals surface area contributed by atoms with Crippen molar-refractivity contribution in [2.45, 2.75) is 59.3 Å². The summed E-state index contributed by atoms with van der Waals surface area (Å²) < 4.78 is 0. The fraction of sp³-hybridized carbons (Fsp3) is 0.875. The molecule has 0 radical (unpaired) electrons. The van der Waals surface area contributed by atoms with Crippen molar-refractivity contribution in [3.63, 3.8) is 0 Å². The first-order valence-electron chi connectivity index (χ1n) is 7.52. The smallest absolute Gasteiger partial charge is 0.00180 e. The van der Waals surface area contributed by atoms with Crippen LogP contribution in [0, 0.1) is 17.8 Å². The highest BCUT2D eigenvalue weighted by Gasteiger charge is 2.28. The lowest BCUT2D eigenvalue weighted by Crippen LogP contribution is -2.33. The Balaban J connectivity index is 2.45. The minimum absolute atomic E-state index is 0.914. The van der Waals surface area contributed by atoms with Gasteiger partial charge in [-0.2, -0.15) is 0 Å². The van der Waals surface area contributed by atoms with E-state index in [0.29, 0.717) is 0 Å². The molecule has 100 valence electrons. The second-order valence-corrected chi connectivity index (χ2v) is 5.91. The van der Waals surface area contributed by atoms with Crippen molar-refractivity contribution in [3.05, 3.63) is 12.2 Å². The van der Waals surface area contributed by atoms with Gasteiger partial charge in [0.2, 0.25) is 0 Å². The molecular weight excluding hydrogens is 206 g/mol. The van der Waals surface area contributed by atoms with E-state index in [1.165, 1.54) is 50.6 Å².